The first-order valence-corrected chi connectivity index (χ1v) is 4.81. The van der Waals surface area contributed by atoms with Crippen LogP contribution in [0.2, 0.25) is 0 Å². The fourth-order valence-corrected chi connectivity index (χ4v) is 2.05. The molecule has 0 aliphatic carbocycles. The van der Waals surface area contributed by atoms with Gasteiger partial charge in [-0.2, -0.15) is 0 Å². The SMILES string of the molecule is CCOC(=O)C1CC2COCC2N1. The molecular formula is C9H15NO3. The van der Waals surface area contributed by atoms with Crippen LogP contribution < -0.4 is 5.32 Å². The van der Waals surface area contributed by atoms with E-state index >= 15 is 0 Å². The van der Waals surface area contributed by atoms with Crippen LogP contribution in [0, 0.1) is 5.92 Å². The van der Waals surface area contributed by atoms with Crippen molar-refractivity contribution in [2.45, 2.75) is 25.4 Å². The van der Waals surface area contributed by atoms with E-state index in [1.54, 1.807) is 0 Å². The molecule has 0 aromatic carbocycles. The second-order valence-electron chi connectivity index (χ2n) is 3.61. The Hall–Kier alpha value is -0.610. The number of hydrogen-bond acceptors (Lipinski definition) is 4. The van der Waals surface area contributed by atoms with Crippen LogP contribution in [0.25, 0.3) is 0 Å². The summed E-state index contributed by atoms with van der Waals surface area (Å²) in [7, 11) is 0. The summed E-state index contributed by atoms with van der Waals surface area (Å²) >= 11 is 0. The van der Waals surface area contributed by atoms with E-state index < -0.39 is 0 Å². The van der Waals surface area contributed by atoms with Crippen molar-refractivity contribution in [3.63, 3.8) is 0 Å². The molecule has 0 aromatic heterocycles. The Bertz CT molecular complexity index is 195. The lowest BCUT2D eigenvalue weighted by Crippen LogP contribution is -2.38. The van der Waals surface area contributed by atoms with E-state index in [-0.39, 0.29) is 12.0 Å². The van der Waals surface area contributed by atoms with E-state index in [1.807, 2.05) is 6.92 Å². The van der Waals surface area contributed by atoms with Crippen LogP contribution in [-0.2, 0) is 14.3 Å². The third-order valence-electron chi connectivity index (χ3n) is 2.72. The largest absolute Gasteiger partial charge is 0.465 e. The normalized spacial score (nSPS) is 37.5. The van der Waals surface area contributed by atoms with Gasteiger partial charge < -0.3 is 9.47 Å². The Kier molecular flexibility index (Phi) is 2.51. The van der Waals surface area contributed by atoms with Crippen molar-refractivity contribution >= 4 is 5.97 Å². The smallest absolute Gasteiger partial charge is 0.323 e. The van der Waals surface area contributed by atoms with Crippen LogP contribution in [0.1, 0.15) is 13.3 Å². The third-order valence-corrected chi connectivity index (χ3v) is 2.72. The molecular weight excluding hydrogens is 170 g/mol. The van der Waals surface area contributed by atoms with Crippen LogP contribution in [0.4, 0.5) is 0 Å². The van der Waals surface area contributed by atoms with Gasteiger partial charge in [-0.15, -0.1) is 0 Å². The molecule has 74 valence electrons. The van der Waals surface area contributed by atoms with E-state index in [9.17, 15) is 4.79 Å². The maximum atomic E-state index is 11.4. The molecule has 0 amide bonds. The van der Waals surface area contributed by atoms with Crippen molar-refractivity contribution in [2.75, 3.05) is 19.8 Å². The summed E-state index contributed by atoms with van der Waals surface area (Å²) in [6.45, 7) is 3.81. The summed E-state index contributed by atoms with van der Waals surface area (Å²) in [4.78, 5) is 11.4. The van der Waals surface area contributed by atoms with Crippen molar-refractivity contribution in [2.24, 2.45) is 5.92 Å². The lowest BCUT2D eigenvalue weighted by Gasteiger charge is -2.10. The minimum atomic E-state index is -0.114. The maximum Gasteiger partial charge on any atom is 0.323 e. The van der Waals surface area contributed by atoms with Gasteiger partial charge >= 0.3 is 5.97 Å². The molecule has 2 heterocycles. The summed E-state index contributed by atoms with van der Waals surface area (Å²) in [6.07, 6.45) is 0.865. The second kappa shape index (κ2) is 3.64. The molecule has 2 saturated heterocycles. The highest BCUT2D eigenvalue weighted by Crippen LogP contribution is 2.26. The maximum absolute atomic E-state index is 11.4. The van der Waals surface area contributed by atoms with E-state index in [2.05, 4.69) is 5.32 Å². The first-order valence-electron chi connectivity index (χ1n) is 4.81. The quantitative estimate of drug-likeness (QED) is 0.612. The Balaban J connectivity index is 1.87. The minimum Gasteiger partial charge on any atom is -0.465 e. The fourth-order valence-electron chi connectivity index (χ4n) is 2.05. The molecule has 4 heteroatoms. The Morgan fingerprint density at radius 1 is 1.62 bits per heavy atom. The zero-order valence-corrected chi connectivity index (χ0v) is 7.79. The topological polar surface area (TPSA) is 47.6 Å². The third kappa shape index (κ3) is 1.69. The Morgan fingerprint density at radius 2 is 2.46 bits per heavy atom. The number of carbonyl (C=O) groups excluding carboxylic acids is 1. The number of fused-ring (bicyclic) bond motifs is 1. The van der Waals surface area contributed by atoms with Crippen molar-refractivity contribution in [1.82, 2.24) is 5.32 Å². The van der Waals surface area contributed by atoms with E-state index in [1.165, 1.54) is 0 Å². The van der Waals surface area contributed by atoms with E-state index in [4.69, 9.17) is 9.47 Å². The lowest BCUT2D eigenvalue weighted by molar-refractivity contribution is -0.145. The molecule has 0 aromatic rings. The van der Waals surface area contributed by atoms with Gasteiger partial charge in [0.25, 0.3) is 0 Å². The molecule has 2 aliphatic heterocycles. The number of ether oxygens (including phenoxy) is 2. The van der Waals surface area contributed by atoms with Gasteiger partial charge in [0.05, 0.1) is 19.8 Å². The average molecular weight is 185 g/mol. The van der Waals surface area contributed by atoms with Crippen molar-refractivity contribution in [3.8, 4) is 0 Å². The van der Waals surface area contributed by atoms with Crippen LogP contribution in [0.3, 0.4) is 0 Å². The zero-order valence-electron chi connectivity index (χ0n) is 7.79. The van der Waals surface area contributed by atoms with Crippen LogP contribution >= 0.6 is 0 Å². The first-order chi connectivity index (χ1) is 6.31. The number of esters is 1. The molecule has 2 rings (SSSR count). The molecule has 2 fully saturated rings. The zero-order chi connectivity index (χ0) is 9.26. The van der Waals surface area contributed by atoms with Gasteiger partial charge in [-0.3, -0.25) is 10.1 Å². The summed E-state index contributed by atoms with van der Waals surface area (Å²) < 4.78 is 10.2. The minimum absolute atomic E-state index is 0.0983. The predicted octanol–water partition coefficient (Wildman–Crippen LogP) is -0.0736. The van der Waals surface area contributed by atoms with Crippen molar-refractivity contribution in [3.05, 3.63) is 0 Å². The van der Waals surface area contributed by atoms with E-state index in [0.717, 1.165) is 19.6 Å². The molecule has 0 radical (unpaired) electrons. The highest BCUT2D eigenvalue weighted by Gasteiger charge is 2.41. The van der Waals surface area contributed by atoms with E-state index in [0.29, 0.717) is 18.6 Å². The fraction of sp³-hybridized carbons (Fsp3) is 0.889. The molecule has 0 bridgehead atoms. The Morgan fingerprint density at radius 3 is 3.15 bits per heavy atom. The first kappa shape index (κ1) is 8.97. The van der Waals surface area contributed by atoms with Crippen molar-refractivity contribution in [1.29, 1.82) is 0 Å². The van der Waals surface area contributed by atoms with Crippen molar-refractivity contribution < 1.29 is 14.3 Å². The summed E-state index contributed by atoms with van der Waals surface area (Å²) in [5.74, 6) is 0.395. The van der Waals surface area contributed by atoms with Crippen LogP contribution in [0.5, 0.6) is 0 Å². The molecule has 0 spiro atoms. The van der Waals surface area contributed by atoms with Gasteiger partial charge in [-0.25, -0.2) is 0 Å². The number of rotatable bonds is 2. The average Bonchev–Trinajstić information content (AvgIpc) is 2.61. The summed E-state index contributed by atoms with van der Waals surface area (Å²) in [6, 6.07) is 0.272. The van der Waals surface area contributed by atoms with Gasteiger partial charge in [0.15, 0.2) is 0 Å². The van der Waals surface area contributed by atoms with Gasteiger partial charge in [-0.05, 0) is 13.3 Å². The van der Waals surface area contributed by atoms with Gasteiger partial charge in [0.2, 0.25) is 0 Å². The number of carbonyl (C=O) groups is 1. The summed E-state index contributed by atoms with van der Waals surface area (Å²) in [5, 5.41) is 3.24. The molecule has 13 heavy (non-hydrogen) atoms. The number of nitrogens with one attached hydrogen (secondary N) is 1. The van der Waals surface area contributed by atoms with Crippen LogP contribution in [-0.4, -0.2) is 37.9 Å². The molecule has 2 aliphatic rings. The van der Waals surface area contributed by atoms with Crippen LogP contribution in [0.15, 0.2) is 0 Å². The van der Waals surface area contributed by atoms with Gasteiger partial charge in [-0.1, -0.05) is 0 Å². The van der Waals surface area contributed by atoms with Gasteiger partial charge in [0, 0.05) is 12.0 Å². The predicted molar refractivity (Wildman–Crippen MR) is 46.3 cm³/mol. The molecule has 0 saturated carbocycles. The highest BCUT2D eigenvalue weighted by atomic mass is 16.5. The second-order valence-corrected chi connectivity index (χ2v) is 3.61. The standard InChI is InChI=1S/C9H15NO3/c1-2-13-9(11)7-3-6-4-12-5-8(6)10-7/h6-8,10H,2-5H2,1H3. The molecule has 1 N–H and O–H groups in total. The molecule has 3 unspecified atom stereocenters. The Labute approximate surface area is 77.6 Å². The number of hydrogen-bond donors (Lipinski definition) is 1. The highest BCUT2D eigenvalue weighted by molar-refractivity contribution is 5.76. The lowest BCUT2D eigenvalue weighted by atomic mass is 10.0. The monoisotopic (exact) mass is 185 g/mol. The van der Waals surface area contributed by atoms with Gasteiger partial charge in [0.1, 0.15) is 6.04 Å². The molecule has 4 nitrogen and oxygen atoms in total. The summed E-state index contributed by atoms with van der Waals surface area (Å²) in [5.41, 5.74) is 0. The molecule has 3 atom stereocenters.